The smallest absolute Gasteiger partial charge is 0.238 e. The molecule has 2 aromatic rings. The SMILES string of the molecule is CC1=CC2(C)[C@@H]3C(=O)N(c4ccc(C)cc4Br)C(=O)[C@H]3C1[C@@H]1C(=O)N(c3ccc(C)cc3Br)C(=O)[C@H]12. The fourth-order valence-electron chi connectivity index (χ4n) is 7.22. The maximum Gasteiger partial charge on any atom is 0.238 e. The van der Waals surface area contributed by atoms with Crippen molar-refractivity contribution in [3.63, 3.8) is 0 Å². The molecule has 184 valence electrons. The minimum Gasteiger partial charge on any atom is -0.274 e. The zero-order chi connectivity index (χ0) is 25.8. The van der Waals surface area contributed by atoms with Crippen LogP contribution >= 0.6 is 31.9 Å². The molecule has 36 heavy (non-hydrogen) atoms. The van der Waals surface area contributed by atoms with E-state index < -0.39 is 35.0 Å². The molecule has 3 aliphatic carbocycles. The Morgan fingerprint density at radius 1 is 0.667 bits per heavy atom. The second-order valence-corrected chi connectivity index (χ2v) is 12.4. The summed E-state index contributed by atoms with van der Waals surface area (Å²) in [6, 6.07) is 11.0. The summed E-state index contributed by atoms with van der Waals surface area (Å²) in [7, 11) is 0. The van der Waals surface area contributed by atoms with E-state index in [9.17, 15) is 19.2 Å². The predicted octanol–water partition coefficient (Wildman–Crippen LogP) is 5.34. The first-order chi connectivity index (χ1) is 17.0. The third-order valence-electron chi connectivity index (χ3n) is 8.57. The fraction of sp³-hybridized carbons (Fsp3) is 0.357. The molecular weight excluding hydrogens is 588 g/mol. The zero-order valence-corrected chi connectivity index (χ0v) is 23.4. The van der Waals surface area contributed by atoms with Crippen LogP contribution < -0.4 is 9.80 Å². The number of carbonyl (C=O) groups excluding carboxylic acids is 4. The summed E-state index contributed by atoms with van der Waals surface area (Å²) in [6.45, 7) is 7.67. The van der Waals surface area contributed by atoms with Crippen molar-refractivity contribution in [2.24, 2.45) is 35.0 Å². The highest BCUT2D eigenvalue weighted by Crippen LogP contribution is 2.66. The van der Waals surface area contributed by atoms with E-state index in [0.717, 1.165) is 16.7 Å². The van der Waals surface area contributed by atoms with Gasteiger partial charge in [0.05, 0.1) is 35.0 Å². The standard InChI is InChI=1S/C28H24Br2N2O4/c1-12-5-7-17(15(29)9-12)31-24(33)20-19-14(3)11-28(4,22(20)26(31)35)23-21(19)25(34)32(27(23)36)18-8-6-13(2)10-16(18)30/h5-11,19-23H,1-4H3/t19?,20-,21-,22-,23-,28?/m0/s1. The van der Waals surface area contributed by atoms with Crippen molar-refractivity contribution in [3.05, 3.63) is 68.1 Å². The number of anilines is 2. The maximum atomic E-state index is 13.9. The lowest BCUT2D eigenvalue weighted by Crippen LogP contribution is -2.57. The summed E-state index contributed by atoms with van der Waals surface area (Å²) in [5, 5.41) is 0. The predicted molar refractivity (Wildman–Crippen MR) is 142 cm³/mol. The zero-order valence-electron chi connectivity index (χ0n) is 20.2. The lowest BCUT2D eigenvalue weighted by molar-refractivity contribution is -0.146. The summed E-state index contributed by atoms with van der Waals surface area (Å²) in [5.41, 5.74) is 2.94. The monoisotopic (exact) mass is 610 g/mol. The molecule has 4 atom stereocenters. The molecule has 0 N–H and O–H groups in total. The summed E-state index contributed by atoms with van der Waals surface area (Å²) in [5.74, 6) is -4.48. The van der Waals surface area contributed by atoms with Gasteiger partial charge >= 0.3 is 0 Å². The number of hydrogen-bond donors (Lipinski definition) is 0. The van der Waals surface area contributed by atoms with E-state index in [1.54, 1.807) is 12.1 Å². The second kappa shape index (κ2) is 7.71. The number of nitrogens with zero attached hydrogens (tertiary/aromatic N) is 2. The molecule has 5 aliphatic rings. The summed E-state index contributed by atoms with van der Waals surface area (Å²) in [4.78, 5) is 58.3. The average Bonchev–Trinajstić information content (AvgIpc) is 3.21. The van der Waals surface area contributed by atoms with E-state index in [2.05, 4.69) is 31.9 Å². The van der Waals surface area contributed by atoms with Gasteiger partial charge in [-0.1, -0.05) is 30.7 Å². The molecule has 2 heterocycles. The molecule has 6 nitrogen and oxygen atoms in total. The Bertz CT molecular complexity index is 1350. The molecule has 7 rings (SSSR count). The van der Waals surface area contributed by atoms with Crippen molar-refractivity contribution in [1.82, 2.24) is 0 Å². The molecule has 0 unspecified atom stereocenters. The number of amides is 4. The van der Waals surface area contributed by atoms with Crippen molar-refractivity contribution < 1.29 is 19.2 Å². The summed E-state index contributed by atoms with van der Waals surface area (Å²) >= 11 is 7.03. The molecule has 0 spiro atoms. The highest BCUT2D eigenvalue weighted by atomic mass is 79.9. The van der Waals surface area contributed by atoms with Crippen LogP contribution in [0.1, 0.15) is 25.0 Å². The quantitative estimate of drug-likeness (QED) is 0.340. The van der Waals surface area contributed by atoms with Gasteiger partial charge in [0, 0.05) is 20.3 Å². The number of halogens is 2. The lowest BCUT2D eigenvalue weighted by atomic mass is 9.46. The van der Waals surface area contributed by atoms with Gasteiger partial charge in [-0.15, -0.1) is 0 Å². The topological polar surface area (TPSA) is 74.8 Å². The van der Waals surface area contributed by atoms with Gasteiger partial charge in [-0.05, 0) is 88.0 Å². The van der Waals surface area contributed by atoms with Crippen molar-refractivity contribution in [2.45, 2.75) is 27.7 Å². The number of imide groups is 2. The lowest BCUT2D eigenvalue weighted by Gasteiger charge is -2.53. The molecule has 4 amide bonds. The van der Waals surface area contributed by atoms with E-state index in [4.69, 9.17) is 0 Å². The Morgan fingerprint density at radius 2 is 1.08 bits per heavy atom. The van der Waals surface area contributed by atoms with Crippen molar-refractivity contribution in [2.75, 3.05) is 9.80 Å². The molecule has 8 heteroatoms. The molecule has 0 radical (unpaired) electrons. The normalized spacial score (nSPS) is 32.8. The number of aryl methyl sites for hydroxylation is 2. The molecular formula is C28H24Br2N2O4. The summed E-state index contributed by atoms with van der Waals surface area (Å²) in [6.07, 6.45) is 1.98. The number of hydrogen-bond acceptors (Lipinski definition) is 4. The van der Waals surface area contributed by atoms with E-state index in [1.807, 2.05) is 58.0 Å². The molecule has 2 bridgehead atoms. The van der Waals surface area contributed by atoms with Gasteiger partial charge in [0.25, 0.3) is 0 Å². The van der Waals surface area contributed by atoms with Crippen LogP contribution in [-0.4, -0.2) is 23.6 Å². The summed E-state index contributed by atoms with van der Waals surface area (Å²) < 4.78 is 1.32. The van der Waals surface area contributed by atoms with Crippen molar-refractivity contribution in [3.8, 4) is 0 Å². The van der Waals surface area contributed by atoms with Crippen LogP contribution in [-0.2, 0) is 19.2 Å². The van der Waals surface area contributed by atoms with Gasteiger partial charge < -0.3 is 0 Å². The third-order valence-corrected chi connectivity index (χ3v) is 9.84. The third kappa shape index (κ3) is 2.88. The Hall–Kier alpha value is -2.58. The van der Waals surface area contributed by atoms with Crippen LogP contribution in [0.15, 0.2) is 57.0 Å². The molecule has 3 fully saturated rings. The minimum absolute atomic E-state index is 0.299. The number of rotatable bonds is 2. The molecule has 0 aromatic heterocycles. The van der Waals surface area contributed by atoms with Crippen molar-refractivity contribution >= 4 is 66.9 Å². The fourth-order valence-corrected chi connectivity index (χ4v) is 8.57. The van der Waals surface area contributed by atoms with Gasteiger partial charge in [-0.3, -0.25) is 19.2 Å². The Morgan fingerprint density at radius 3 is 1.47 bits per heavy atom. The van der Waals surface area contributed by atoms with Crippen LogP contribution in [0.2, 0.25) is 0 Å². The average molecular weight is 612 g/mol. The van der Waals surface area contributed by atoms with Gasteiger partial charge in [-0.2, -0.15) is 0 Å². The van der Waals surface area contributed by atoms with E-state index in [1.165, 1.54) is 9.80 Å². The first-order valence-corrected chi connectivity index (χ1v) is 13.5. The first-order valence-electron chi connectivity index (χ1n) is 11.9. The van der Waals surface area contributed by atoms with Crippen LogP contribution in [0.25, 0.3) is 0 Å². The number of allylic oxidation sites excluding steroid dienone is 2. The van der Waals surface area contributed by atoms with E-state index in [-0.39, 0.29) is 23.6 Å². The molecule has 1 saturated carbocycles. The van der Waals surface area contributed by atoms with E-state index in [0.29, 0.717) is 20.3 Å². The Labute approximate surface area is 226 Å². The van der Waals surface area contributed by atoms with Gasteiger partial charge in [0.2, 0.25) is 23.6 Å². The van der Waals surface area contributed by atoms with Gasteiger partial charge in [0.15, 0.2) is 0 Å². The first kappa shape index (κ1) is 23.8. The van der Waals surface area contributed by atoms with Gasteiger partial charge in [0.1, 0.15) is 0 Å². The Kier molecular flexibility index (Phi) is 5.10. The minimum atomic E-state index is -0.953. The highest BCUT2D eigenvalue weighted by molar-refractivity contribution is 9.11. The second-order valence-electron chi connectivity index (χ2n) is 10.7. The number of benzene rings is 2. The molecule has 2 saturated heterocycles. The highest BCUT2D eigenvalue weighted by Gasteiger charge is 2.74. The van der Waals surface area contributed by atoms with Gasteiger partial charge in [-0.25, -0.2) is 9.80 Å². The molecule has 2 aliphatic heterocycles. The number of carbonyl (C=O) groups is 4. The van der Waals surface area contributed by atoms with Crippen LogP contribution in [0.5, 0.6) is 0 Å². The van der Waals surface area contributed by atoms with Crippen LogP contribution in [0, 0.1) is 48.9 Å². The Balaban J connectivity index is 1.48. The van der Waals surface area contributed by atoms with Crippen LogP contribution in [0.4, 0.5) is 11.4 Å². The largest absolute Gasteiger partial charge is 0.274 e. The van der Waals surface area contributed by atoms with Crippen LogP contribution in [0.3, 0.4) is 0 Å². The van der Waals surface area contributed by atoms with Crippen molar-refractivity contribution in [1.29, 1.82) is 0 Å². The van der Waals surface area contributed by atoms with E-state index >= 15 is 0 Å². The molecule has 2 aromatic carbocycles. The maximum absolute atomic E-state index is 13.9.